The maximum atomic E-state index is 4.18. The van der Waals surface area contributed by atoms with Crippen molar-refractivity contribution in [2.75, 3.05) is 0 Å². The smallest absolute Gasteiger partial charge is 0.0725 e. The van der Waals surface area contributed by atoms with Gasteiger partial charge in [-0.25, -0.2) is 9.36 Å². The van der Waals surface area contributed by atoms with Crippen molar-refractivity contribution in [1.29, 1.82) is 0 Å². The largest absolute Gasteiger partial charge is 0.249 e. The first-order chi connectivity index (χ1) is 16.2. The zero-order chi connectivity index (χ0) is 25.3. The fourth-order valence-corrected chi connectivity index (χ4v) is 4.00. The summed E-state index contributed by atoms with van der Waals surface area (Å²) in [5.74, 6) is 3.14. The van der Waals surface area contributed by atoms with Crippen molar-refractivity contribution in [2.45, 2.75) is 133 Å². The summed E-state index contributed by atoms with van der Waals surface area (Å²) in [6, 6.07) is 0. The van der Waals surface area contributed by atoms with Gasteiger partial charge in [0.05, 0.1) is 23.8 Å². The van der Waals surface area contributed by atoms with Gasteiger partial charge >= 0.3 is 0 Å². The van der Waals surface area contributed by atoms with Gasteiger partial charge in [0.1, 0.15) is 0 Å². The molecular weight excluding hydrogens is 420 g/mol. The maximum Gasteiger partial charge on any atom is 0.0725 e. The summed E-state index contributed by atoms with van der Waals surface area (Å²) in [4.78, 5) is 0. The Balaban J connectivity index is 0.000000340. The molecular formula is C28H54N6. The van der Waals surface area contributed by atoms with Crippen molar-refractivity contribution in [3.05, 3.63) is 23.8 Å². The number of rotatable bonds is 16. The summed E-state index contributed by atoms with van der Waals surface area (Å²) in [6.07, 6.45) is 16.1. The van der Waals surface area contributed by atoms with E-state index in [1.165, 1.54) is 62.8 Å². The van der Waals surface area contributed by atoms with Crippen molar-refractivity contribution < 1.29 is 0 Å². The highest BCUT2D eigenvalue weighted by Crippen LogP contribution is 2.12. The van der Waals surface area contributed by atoms with E-state index in [1.54, 1.807) is 0 Å². The van der Waals surface area contributed by atoms with Crippen molar-refractivity contribution in [3.63, 3.8) is 0 Å². The number of aromatic nitrogens is 6. The highest BCUT2D eigenvalue weighted by Gasteiger charge is 2.06. The first-order valence-corrected chi connectivity index (χ1v) is 13.9. The van der Waals surface area contributed by atoms with Crippen molar-refractivity contribution in [1.82, 2.24) is 30.0 Å². The summed E-state index contributed by atoms with van der Waals surface area (Å²) in [5.41, 5.74) is 2.60. The van der Waals surface area contributed by atoms with Gasteiger partial charge in [-0.3, -0.25) is 0 Å². The Bertz CT molecular complexity index is 610. The molecule has 0 spiro atoms. The van der Waals surface area contributed by atoms with Crippen LogP contribution in [0.2, 0.25) is 0 Å². The molecule has 0 aliphatic heterocycles. The van der Waals surface area contributed by atoms with Gasteiger partial charge < -0.3 is 0 Å². The average Bonchev–Trinajstić information content (AvgIpc) is 3.37. The van der Waals surface area contributed by atoms with Crippen LogP contribution in [0, 0.1) is 23.7 Å². The molecule has 0 atom stereocenters. The molecule has 0 saturated carbocycles. The van der Waals surface area contributed by atoms with Gasteiger partial charge in [0.2, 0.25) is 0 Å². The molecule has 0 aliphatic carbocycles. The molecule has 0 fully saturated rings. The number of nitrogens with zero attached hydrogens (tertiary/aromatic N) is 6. The summed E-state index contributed by atoms with van der Waals surface area (Å²) < 4.78 is 4.17. The van der Waals surface area contributed by atoms with Crippen LogP contribution in [-0.2, 0) is 25.9 Å². The van der Waals surface area contributed by atoms with Crippen LogP contribution in [0.1, 0.15) is 118 Å². The van der Waals surface area contributed by atoms with Gasteiger partial charge in [-0.15, -0.1) is 10.2 Å². The molecule has 2 aromatic heterocycles. The fourth-order valence-electron chi connectivity index (χ4n) is 4.00. The Morgan fingerprint density at radius 3 is 1.18 bits per heavy atom. The molecule has 6 nitrogen and oxygen atoms in total. The summed E-state index contributed by atoms with van der Waals surface area (Å²) in [6.45, 7) is 20.2. The lowest BCUT2D eigenvalue weighted by Crippen LogP contribution is -2.06. The van der Waals surface area contributed by atoms with E-state index in [9.17, 15) is 0 Å². The van der Waals surface area contributed by atoms with Crippen LogP contribution >= 0.6 is 0 Å². The molecule has 0 bridgehead atoms. The minimum absolute atomic E-state index is 0.780. The normalized spacial score (nSPS) is 11.6. The van der Waals surface area contributed by atoms with Crippen LogP contribution in [0.3, 0.4) is 0 Å². The molecule has 0 amide bonds. The predicted molar refractivity (Wildman–Crippen MR) is 144 cm³/mol. The van der Waals surface area contributed by atoms with Crippen LogP contribution in [-0.4, -0.2) is 30.0 Å². The van der Waals surface area contributed by atoms with E-state index in [0.29, 0.717) is 0 Å². The maximum absolute atomic E-state index is 4.18. The van der Waals surface area contributed by atoms with Crippen LogP contribution in [0.25, 0.3) is 0 Å². The Hall–Kier alpha value is -1.72. The molecule has 34 heavy (non-hydrogen) atoms. The lowest BCUT2D eigenvalue weighted by molar-refractivity contribution is 0.466. The topological polar surface area (TPSA) is 61.4 Å². The second-order valence-electron chi connectivity index (χ2n) is 11.5. The minimum Gasteiger partial charge on any atom is -0.249 e. The van der Waals surface area contributed by atoms with Gasteiger partial charge in [-0.2, -0.15) is 0 Å². The van der Waals surface area contributed by atoms with Gasteiger partial charge in [0.15, 0.2) is 0 Å². The molecule has 0 N–H and O–H groups in total. The first-order valence-electron chi connectivity index (χ1n) is 13.9. The Kier molecular flexibility index (Phi) is 15.8. The molecule has 2 heterocycles. The van der Waals surface area contributed by atoms with Crippen LogP contribution in [0.15, 0.2) is 12.4 Å². The first kappa shape index (κ1) is 30.3. The second kappa shape index (κ2) is 17.7. The quantitative estimate of drug-likeness (QED) is 0.254. The SMILES string of the molecule is CC(C)CCCc1cnnn1CCCC(C)C.CC(C)CCCc1cnnn1CCCC(C)C. The number of aryl methyl sites for hydroxylation is 4. The van der Waals surface area contributed by atoms with Crippen molar-refractivity contribution >= 4 is 0 Å². The summed E-state index contributed by atoms with van der Waals surface area (Å²) in [5, 5.41) is 16.4. The van der Waals surface area contributed by atoms with Crippen LogP contribution in [0.4, 0.5) is 0 Å². The fraction of sp³-hybridized carbons (Fsp3) is 0.857. The van der Waals surface area contributed by atoms with Gasteiger partial charge in [0, 0.05) is 13.1 Å². The molecule has 2 aromatic rings. The van der Waals surface area contributed by atoms with Gasteiger partial charge in [0.25, 0.3) is 0 Å². The summed E-state index contributed by atoms with van der Waals surface area (Å²) >= 11 is 0. The third-order valence-corrected chi connectivity index (χ3v) is 6.13. The highest BCUT2D eigenvalue weighted by molar-refractivity contribution is 4.94. The monoisotopic (exact) mass is 474 g/mol. The van der Waals surface area contributed by atoms with Crippen molar-refractivity contribution in [3.8, 4) is 0 Å². The third-order valence-electron chi connectivity index (χ3n) is 6.13. The van der Waals surface area contributed by atoms with E-state index < -0.39 is 0 Å². The zero-order valence-electron chi connectivity index (χ0n) is 23.6. The molecule has 0 aliphatic rings. The Labute approximate surface area is 210 Å². The Morgan fingerprint density at radius 1 is 0.529 bits per heavy atom. The van der Waals surface area contributed by atoms with E-state index in [-0.39, 0.29) is 0 Å². The number of hydrogen-bond acceptors (Lipinski definition) is 4. The van der Waals surface area contributed by atoms with E-state index in [0.717, 1.165) is 49.6 Å². The molecule has 0 saturated heterocycles. The lowest BCUT2D eigenvalue weighted by Gasteiger charge is -2.08. The molecule has 0 aromatic carbocycles. The lowest BCUT2D eigenvalue weighted by atomic mass is 10.1. The van der Waals surface area contributed by atoms with Crippen molar-refractivity contribution in [2.24, 2.45) is 23.7 Å². The summed E-state index contributed by atoms with van der Waals surface area (Å²) in [7, 11) is 0. The van der Waals surface area contributed by atoms with Crippen LogP contribution < -0.4 is 0 Å². The van der Waals surface area contributed by atoms with Gasteiger partial charge in [-0.1, -0.05) is 78.7 Å². The van der Waals surface area contributed by atoms with E-state index in [1.807, 2.05) is 12.4 Å². The zero-order valence-corrected chi connectivity index (χ0v) is 23.6. The molecule has 196 valence electrons. The second-order valence-corrected chi connectivity index (χ2v) is 11.5. The van der Waals surface area contributed by atoms with Gasteiger partial charge in [-0.05, 0) is 75.0 Å². The van der Waals surface area contributed by atoms with Crippen LogP contribution in [0.5, 0.6) is 0 Å². The Morgan fingerprint density at radius 2 is 0.853 bits per heavy atom. The van der Waals surface area contributed by atoms with E-state index in [4.69, 9.17) is 0 Å². The molecule has 0 radical (unpaired) electrons. The third kappa shape index (κ3) is 14.5. The molecule has 6 heteroatoms. The minimum atomic E-state index is 0.780. The predicted octanol–water partition coefficient (Wildman–Crippen LogP) is 7.39. The van der Waals surface area contributed by atoms with E-state index in [2.05, 4.69) is 85.4 Å². The average molecular weight is 475 g/mol. The highest BCUT2D eigenvalue weighted by atomic mass is 15.4. The molecule has 0 unspecified atom stereocenters. The van der Waals surface area contributed by atoms with E-state index >= 15 is 0 Å². The molecule has 2 rings (SSSR count). The number of hydrogen-bond donors (Lipinski definition) is 0. The standard InChI is InChI=1S/2C14H27N3/c2*1-12(2)7-5-9-14-11-15-16-17(14)10-6-8-13(3)4/h2*11-13H,5-10H2,1-4H3.